The van der Waals surface area contributed by atoms with E-state index in [2.05, 4.69) is 52.7 Å². The number of anilines is 1. The average Bonchev–Trinajstić information content (AvgIpc) is 3.20. The van der Waals surface area contributed by atoms with Crippen molar-refractivity contribution in [3.05, 3.63) is 63.0 Å². The molecule has 2 aromatic carbocycles. The number of hydrogen-bond donors (Lipinski definition) is 2. The molecule has 3 aromatic rings. The smallest absolute Gasteiger partial charge is 0.251 e. The highest BCUT2D eigenvalue weighted by Crippen LogP contribution is 2.28. The Morgan fingerprint density at radius 3 is 2.47 bits per heavy atom. The van der Waals surface area contributed by atoms with Crippen molar-refractivity contribution in [1.82, 2.24) is 15.5 Å². The van der Waals surface area contributed by atoms with Gasteiger partial charge in [0.15, 0.2) is 0 Å². The molecule has 0 aliphatic carbocycles. The molecular formula is C21H20Br2N4O2S. The van der Waals surface area contributed by atoms with E-state index in [0.29, 0.717) is 15.7 Å². The molecular weight excluding hydrogens is 532 g/mol. The number of rotatable bonds is 7. The first-order valence-electron chi connectivity index (χ1n) is 9.34. The van der Waals surface area contributed by atoms with E-state index in [-0.39, 0.29) is 17.7 Å². The van der Waals surface area contributed by atoms with Gasteiger partial charge < -0.3 is 5.32 Å². The third kappa shape index (κ3) is 5.74. The van der Waals surface area contributed by atoms with Crippen LogP contribution in [0, 0.1) is 5.92 Å². The fourth-order valence-corrected chi connectivity index (χ4v) is 4.13. The number of nitrogens with zero attached hydrogens (tertiary/aromatic N) is 2. The first kappa shape index (κ1) is 22.6. The molecule has 0 aliphatic heterocycles. The zero-order valence-electron chi connectivity index (χ0n) is 16.4. The maximum absolute atomic E-state index is 12.9. The Kier molecular flexibility index (Phi) is 7.74. The summed E-state index contributed by atoms with van der Waals surface area (Å²) < 4.78 is 1.82. The minimum absolute atomic E-state index is 0.0538. The van der Waals surface area contributed by atoms with Gasteiger partial charge in [-0.15, -0.1) is 10.2 Å². The van der Waals surface area contributed by atoms with Crippen molar-refractivity contribution in [1.29, 1.82) is 0 Å². The molecule has 0 unspecified atom stereocenters. The van der Waals surface area contributed by atoms with E-state index in [1.807, 2.05) is 38.1 Å². The summed E-state index contributed by atoms with van der Waals surface area (Å²) in [6.07, 6.45) is 0.734. The maximum atomic E-state index is 12.9. The van der Waals surface area contributed by atoms with Crippen molar-refractivity contribution in [3.8, 4) is 10.6 Å². The summed E-state index contributed by atoms with van der Waals surface area (Å²) in [4.78, 5) is 25.6. The zero-order valence-corrected chi connectivity index (χ0v) is 20.3. The molecule has 2 atom stereocenters. The van der Waals surface area contributed by atoms with Crippen LogP contribution in [0.1, 0.15) is 30.6 Å². The molecule has 0 spiro atoms. The molecule has 1 aromatic heterocycles. The number of aromatic nitrogens is 2. The van der Waals surface area contributed by atoms with Gasteiger partial charge in [-0.05, 0) is 42.3 Å². The predicted octanol–water partition coefficient (Wildman–Crippen LogP) is 5.51. The summed E-state index contributed by atoms with van der Waals surface area (Å²) in [7, 11) is 0. The summed E-state index contributed by atoms with van der Waals surface area (Å²) in [5.41, 5.74) is 1.40. The van der Waals surface area contributed by atoms with E-state index < -0.39 is 6.04 Å². The number of amides is 2. The van der Waals surface area contributed by atoms with Gasteiger partial charge >= 0.3 is 0 Å². The first-order valence-corrected chi connectivity index (χ1v) is 11.7. The van der Waals surface area contributed by atoms with Crippen molar-refractivity contribution in [2.24, 2.45) is 5.92 Å². The number of benzene rings is 2. The van der Waals surface area contributed by atoms with Crippen molar-refractivity contribution in [2.75, 3.05) is 5.32 Å². The van der Waals surface area contributed by atoms with Crippen LogP contribution in [-0.4, -0.2) is 28.1 Å². The van der Waals surface area contributed by atoms with Gasteiger partial charge in [0, 0.05) is 20.1 Å². The van der Waals surface area contributed by atoms with Crippen LogP contribution in [0.25, 0.3) is 10.6 Å². The lowest BCUT2D eigenvalue weighted by Crippen LogP contribution is -2.47. The third-order valence-electron chi connectivity index (χ3n) is 4.62. The van der Waals surface area contributed by atoms with E-state index in [9.17, 15) is 9.59 Å². The second-order valence-corrected chi connectivity index (χ2v) is 9.56. The summed E-state index contributed by atoms with van der Waals surface area (Å²) in [5, 5.41) is 15.0. The predicted molar refractivity (Wildman–Crippen MR) is 127 cm³/mol. The Morgan fingerprint density at radius 1 is 1.07 bits per heavy atom. The van der Waals surface area contributed by atoms with Gasteiger partial charge in [0.25, 0.3) is 5.91 Å². The van der Waals surface area contributed by atoms with Gasteiger partial charge in [-0.2, -0.15) is 0 Å². The number of carbonyl (C=O) groups excluding carboxylic acids is 2. The van der Waals surface area contributed by atoms with Crippen molar-refractivity contribution >= 4 is 60.1 Å². The molecule has 0 saturated carbocycles. The molecule has 0 fully saturated rings. The highest BCUT2D eigenvalue weighted by molar-refractivity contribution is 9.10. The maximum Gasteiger partial charge on any atom is 0.251 e. The van der Waals surface area contributed by atoms with Gasteiger partial charge in [0.1, 0.15) is 11.0 Å². The van der Waals surface area contributed by atoms with Crippen LogP contribution in [0.4, 0.5) is 5.13 Å². The molecule has 2 amide bonds. The number of nitrogens with one attached hydrogen (secondary N) is 2. The van der Waals surface area contributed by atoms with Gasteiger partial charge in [0.2, 0.25) is 11.0 Å². The molecule has 0 aliphatic rings. The van der Waals surface area contributed by atoms with E-state index in [1.54, 1.807) is 24.3 Å². The lowest BCUT2D eigenvalue weighted by atomic mass is 9.98. The van der Waals surface area contributed by atoms with Gasteiger partial charge in [-0.3, -0.25) is 14.9 Å². The molecule has 0 bridgehead atoms. The normalized spacial score (nSPS) is 12.8. The monoisotopic (exact) mass is 550 g/mol. The van der Waals surface area contributed by atoms with Crippen molar-refractivity contribution < 1.29 is 9.59 Å². The second kappa shape index (κ2) is 10.3. The van der Waals surface area contributed by atoms with Crippen LogP contribution in [0.5, 0.6) is 0 Å². The Balaban J connectivity index is 1.73. The van der Waals surface area contributed by atoms with E-state index in [1.165, 1.54) is 11.3 Å². The van der Waals surface area contributed by atoms with Gasteiger partial charge in [0.05, 0.1) is 0 Å². The highest BCUT2D eigenvalue weighted by Gasteiger charge is 2.27. The summed E-state index contributed by atoms with van der Waals surface area (Å²) >= 11 is 8.08. The van der Waals surface area contributed by atoms with E-state index in [0.717, 1.165) is 20.9 Å². The zero-order chi connectivity index (χ0) is 21.7. The quantitative estimate of drug-likeness (QED) is 0.405. The van der Waals surface area contributed by atoms with Crippen LogP contribution in [0.2, 0.25) is 0 Å². The summed E-state index contributed by atoms with van der Waals surface area (Å²) in [6, 6.07) is 14.0. The fraction of sp³-hybridized carbons (Fsp3) is 0.238. The molecule has 6 nitrogen and oxygen atoms in total. The van der Waals surface area contributed by atoms with Crippen LogP contribution in [0.3, 0.4) is 0 Å². The molecule has 3 rings (SSSR count). The van der Waals surface area contributed by atoms with Crippen molar-refractivity contribution in [2.45, 2.75) is 26.3 Å². The average molecular weight is 552 g/mol. The first-order chi connectivity index (χ1) is 14.4. The largest absolute Gasteiger partial charge is 0.340 e. The fourth-order valence-electron chi connectivity index (χ4n) is 2.72. The van der Waals surface area contributed by atoms with Crippen LogP contribution in [0.15, 0.2) is 57.5 Å². The van der Waals surface area contributed by atoms with Crippen LogP contribution >= 0.6 is 43.2 Å². The standard InChI is InChI=1S/C21H20Br2N4O2S/c1-3-12(2)17(24-18(28)13-7-9-15(22)10-8-13)19(29)25-21-27-26-20(30-21)14-5-4-6-16(23)11-14/h4-12,17H,3H2,1-2H3,(H,24,28)(H,25,27,29)/t12-,17-/m0/s1. The molecule has 9 heteroatoms. The Morgan fingerprint density at radius 2 is 1.80 bits per heavy atom. The Labute approximate surface area is 195 Å². The second-order valence-electron chi connectivity index (χ2n) is 6.76. The van der Waals surface area contributed by atoms with E-state index in [4.69, 9.17) is 0 Å². The van der Waals surface area contributed by atoms with Gasteiger partial charge in [-0.25, -0.2) is 0 Å². The highest BCUT2D eigenvalue weighted by atomic mass is 79.9. The van der Waals surface area contributed by atoms with Crippen LogP contribution < -0.4 is 10.6 Å². The van der Waals surface area contributed by atoms with Crippen molar-refractivity contribution in [3.63, 3.8) is 0 Å². The topological polar surface area (TPSA) is 84.0 Å². The molecule has 1 heterocycles. The minimum Gasteiger partial charge on any atom is -0.340 e. The lowest BCUT2D eigenvalue weighted by molar-refractivity contribution is -0.119. The Bertz CT molecular complexity index is 1040. The third-order valence-corrected chi connectivity index (χ3v) is 6.52. The number of carbonyl (C=O) groups is 2. The number of halogens is 2. The Hall–Kier alpha value is -2.10. The van der Waals surface area contributed by atoms with E-state index >= 15 is 0 Å². The van der Waals surface area contributed by atoms with Crippen LogP contribution in [-0.2, 0) is 4.79 Å². The molecule has 30 heavy (non-hydrogen) atoms. The summed E-state index contributed by atoms with van der Waals surface area (Å²) in [5.74, 6) is -0.663. The molecule has 0 radical (unpaired) electrons. The minimum atomic E-state index is -0.690. The molecule has 156 valence electrons. The SMILES string of the molecule is CC[C@H](C)[C@H](NC(=O)c1ccc(Br)cc1)C(=O)Nc1nnc(-c2cccc(Br)c2)s1. The molecule has 0 saturated heterocycles. The van der Waals surface area contributed by atoms with Gasteiger partial charge in [-0.1, -0.05) is 75.6 Å². The molecule has 2 N–H and O–H groups in total. The number of hydrogen-bond acceptors (Lipinski definition) is 5. The summed E-state index contributed by atoms with van der Waals surface area (Å²) in [6.45, 7) is 3.91. The lowest BCUT2D eigenvalue weighted by Gasteiger charge is -2.23.